The maximum atomic E-state index is 14.9. The molecule has 40 heavy (non-hydrogen) atoms. The summed E-state index contributed by atoms with van der Waals surface area (Å²) in [5.74, 6) is -1.46. The minimum absolute atomic E-state index is 0.0235. The molecule has 0 saturated heterocycles. The lowest BCUT2D eigenvalue weighted by atomic mass is 10.1. The fourth-order valence-corrected chi connectivity index (χ4v) is 4.27. The van der Waals surface area contributed by atoms with Crippen LogP contribution in [0.5, 0.6) is 0 Å². The van der Waals surface area contributed by atoms with E-state index in [-0.39, 0.29) is 43.3 Å². The number of nitrogens with one attached hydrogen (secondary N) is 1. The Morgan fingerprint density at radius 1 is 1.10 bits per heavy atom. The lowest BCUT2D eigenvalue weighted by Crippen LogP contribution is -2.48. The zero-order valence-electron chi connectivity index (χ0n) is 23.7. The van der Waals surface area contributed by atoms with Crippen LogP contribution >= 0.6 is 0 Å². The van der Waals surface area contributed by atoms with Crippen LogP contribution in [0.1, 0.15) is 44.4 Å². The van der Waals surface area contributed by atoms with E-state index in [0.717, 1.165) is 17.2 Å². The van der Waals surface area contributed by atoms with Gasteiger partial charge >= 0.3 is 6.09 Å². The summed E-state index contributed by atoms with van der Waals surface area (Å²) in [7, 11) is 1.64. The van der Waals surface area contributed by atoms with Crippen LogP contribution in [0.4, 0.5) is 14.9 Å². The first-order valence-electron chi connectivity index (χ1n) is 13.2. The van der Waals surface area contributed by atoms with Crippen LogP contribution in [0, 0.1) is 17.1 Å². The second-order valence-corrected chi connectivity index (χ2v) is 10.6. The van der Waals surface area contributed by atoms with E-state index >= 15 is 0 Å². The Hall–Kier alpha value is -4.17. The highest BCUT2D eigenvalue weighted by molar-refractivity contribution is 5.86. The van der Waals surface area contributed by atoms with Crippen LogP contribution in [0.25, 0.3) is 0 Å². The van der Waals surface area contributed by atoms with E-state index in [1.807, 2.05) is 35.3 Å². The van der Waals surface area contributed by atoms with Gasteiger partial charge in [-0.05, 0) is 57.0 Å². The first-order chi connectivity index (χ1) is 18.9. The fraction of sp³-hybridized carbons (Fsp3) is 0.448. The number of fused-ring (bicyclic) bond motifs is 1. The van der Waals surface area contributed by atoms with Crippen molar-refractivity contribution in [2.45, 2.75) is 46.4 Å². The van der Waals surface area contributed by atoms with Crippen molar-refractivity contribution in [3.8, 4) is 6.07 Å². The fourth-order valence-electron chi connectivity index (χ4n) is 4.27. The number of nitriles is 1. The summed E-state index contributed by atoms with van der Waals surface area (Å²) in [6, 6.07) is 13.7. The van der Waals surface area contributed by atoms with E-state index in [1.165, 1.54) is 26.9 Å². The Morgan fingerprint density at radius 3 is 2.33 bits per heavy atom. The number of nitrogens with zero attached hydrogens (tertiary/aromatic N) is 5. The normalized spacial score (nSPS) is 12.7. The molecule has 2 aromatic carbocycles. The summed E-state index contributed by atoms with van der Waals surface area (Å²) in [5.41, 5.74) is 1.78. The van der Waals surface area contributed by atoms with Crippen molar-refractivity contribution in [3.63, 3.8) is 0 Å². The Labute approximate surface area is 234 Å². The smallest absolute Gasteiger partial charge is 0.410 e. The Kier molecular flexibility index (Phi) is 10.1. The van der Waals surface area contributed by atoms with E-state index in [2.05, 4.69) is 5.32 Å². The van der Waals surface area contributed by atoms with Crippen molar-refractivity contribution >= 4 is 23.6 Å². The van der Waals surface area contributed by atoms with Crippen molar-refractivity contribution < 1.29 is 23.5 Å². The quantitative estimate of drug-likeness (QED) is 0.482. The average molecular weight is 553 g/mol. The molecule has 214 valence electrons. The lowest BCUT2D eigenvalue weighted by Gasteiger charge is -2.31. The number of carbonyl (C=O) groups excluding carboxylic acids is 3. The molecule has 1 aliphatic rings. The van der Waals surface area contributed by atoms with E-state index in [9.17, 15) is 24.0 Å². The van der Waals surface area contributed by atoms with Gasteiger partial charge in [0.1, 0.15) is 11.4 Å². The van der Waals surface area contributed by atoms with Crippen LogP contribution in [-0.2, 0) is 27.4 Å². The Morgan fingerprint density at radius 2 is 1.75 bits per heavy atom. The van der Waals surface area contributed by atoms with Crippen molar-refractivity contribution in [1.29, 1.82) is 5.26 Å². The topological polar surface area (TPSA) is 109 Å². The van der Waals surface area contributed by atoms with Gasteiger partial charge in [-0.15, -0.1) is 0 Å². The second kappa shape index (κ2) is 13.3. The SMILES string of the molecule is CCN(CCNC(=O)CN(CC(=O)N(C)N1Cc2ccccc2C1)c1cc(C#N)ccc1F)C(=O)OC(C)(C)C. The Balaban J connectivity index is 1.68. The molecule has 1 heterocycles. The summed E-state index contributed by atoms with van der Waals surface area (Å²) in [5, 5.41) is 15.4. The number of halogens is 1. The third-order valence-electron chi connectivity index (χ3n) is 6.42. The van der Waals surface area contributed by atoms with Crippen molar-refractivity contribution in [2.75, 3.05) is 44.7 Å². The van der Waals surface area contributed by atoms with Gasteiger partial charge in [-0.3, -0.25) is 14.6 Å². The molecule has 1 N–H and O–H groups in total. The van der Waals surface area contributed by atoms with Gasteiger partial charge in [-0.2, -0.15) is 5.26 Å². The molecular weight excluding hydrogens is 515 g/mol. The number of hydrogen-bond acceptors (Lipinski definition) is 7. The number of likely N-dealkylation sites (N-methyl/N-ethyl adjacent to an activating group) is 2. The average Bonchev–Trinajstić information content (AvgIpc) is 3.34. The summed E-state index contributed by atoms with van der Waals surface area (Å²) in [4.78, 5) is 41.4. The highest BCUT2D eigenvalue weighted by Crippen LogP contribution is 2.24. The molecule has 0 atom stereocenters. The minimum atomic E-state index is -0.655. The number of amides is 3. The minimum Gasteiger partial charge on any atom is -0.444 e. The standard InChI is InChI=1S/C29H37FN6O4/c1-6-34(28(39)40-29(2,3)4)14-13-32-26(37)19-35(25-15-21(16-31)11-12-24(25)30)20-27(38)33(5)36-17-22-9-7-8-10-23(22)18-36/h7-12,15H,6,13-14,17-20H2,1-5H3,(H,32,37). The predicted octanol–water partition coefficient (Wildman–Crippen LogP) is 3.27. The third-order valence-corrected chi connectivity index (χ3v) is 6.42. The van der Waals surface area contributed by atoms with Gasteiger partial charge in [0, 0.05) is 39.8 Å². The van der Waals surface area contributed by atoms with Crippen LogP contribution in [0.15, 0.2) is 42.5 Å². The van der Waals surface area contributed by atoms with Gasteiger partial charge in [-0.1, -0.05) is 24.3 Å². The van der Waals surface area contributed by atoms with Gasteiger partial charge in [0.25, 0.3) is 5.91 Å². The molecule has 10 nitrogen and oxygen atoms in total. The predicted molar refractivity (Wildman–Crippen MR) is 148 cm³/mol. The van der Waals surface area contributed by atoms with Gasteiger partial charge in [-0.25, -0.2) is 14.2 Å². The van der Waals surface area contributed by atoms with Crippen LogP contribution in [-0.4, -0.2) is 78.2 Å². The van der Waals surface area contributed by atoms with Crippen molar-refractivity contribution in [2.24, 2.45) is 0 Å². The molecule has 1 aliphatic heterocycles. The number of hydrogen-bond donors (Lipinski definition) is 1. The van der Waals surface area contributed by atoms with E-state index in [4.69, 9.17) is 4.74 Å². The molecule has 3 amide bonds. The van der Waals surface area contributed by atoms with E-state index in [0.29, 0.717) is 19.6 Å². The molecule has 0 aliphatic carbocycles. The summed E-state index contributed by atoms with van der Waals surface area (Å²) in [6.07, 6.45) is -0.487. The lowest BCUT2D eigenvalue weighted by molar-refractivity contribution is -0.145. The van der Waals surface area contributed by atoms with Crippen molar-refractivity contribution in [1.82, 2.24) is 20.2 Å². The molecule has 0 saturated carbocycles. The molecule has 0 fully saturated rings. The maximum absolute atomic E-state index is 14.9. The molecular formula is C29H37FN6O4. The molecule has 0 bridgehead atoms. The molecule has 0 aromatic heterocycles. The summed E-state index contributed by atoms with van der Waals surface area (Å²) >= 11 is 0. The number of hydrazine groups is 1. The van der Waals surface area contributed by atoms with E-state index < -0.39 is 23.4 Å². The third kappa shape index (κ3) is 8.16. The molecule has 0 spiro atoms. The highest BCUT2D eigenvalue weighted by Gasteiger charge is 2.27. The zero-order valence-corrected chi connectivity index (χ0v) is 23.7. The largest absolute Gasteiger partial charge is 0.444 e. The molecule has 0 radical (unpaired) electrons. The number of anilines is 1. The highest BCUT2D eigenvalue weighted by atomic mass is 19.1. The summed E-state index contributed by atoms with van der Waals surface area (Å²) in [6.45, 7) is 8.37. The van der Waals surface area contributed by atoms with Crippen molar-refractivity contribution in [3.05, 3.63) is 65.0 Å². The second-order valence-electron chi connectivity index (χ2n) is 10.6. The van der Waals surface area contributed by atoms with Crippen LogP contribution in [0.3, 0.4) is 0 Å². The first-order valence-corrected chi connectivity index (χ1v) is 13.2. The van der Waals surface area contributed by atoms with Gasteiger partial charge in [0.15, 0.2) is 0 Å². The number of rotatable bonds is 10. The number of ether oxygens (including phenoxy) is 1. The van der Waals surface area contributed by atoms with Gasteiger partial charge in [0.05, 0.1) is 30.4 Å². The summed E-state index contributed by atoms with van der Waals surface area (Å²) < 4.78 is 20.3. The zero-order chi connectivity index (χ0) is 29.4. The molecule has 3 rings (SSSR count). The monoisotopic (exact) mass is 552 g/mol. The molecule has 0 unspecified atom stereocenters. The number of benzene rings is 2. The van der Waals surface area contributed by atoms with Gasteiger partial charge < -0.3 is 19.9 Å². The Bertz CT molecular complexity index is 1250. The van der Waals surface area contributed by atoms with Gasteiger partial charge in [0.2, 0.25) is 5.91 Å². The number of carbonyl (C=O) groups is 3. The van der Waals surface area contributed by atoms with E-state index in [1.54, 1.807) is 34.7 Å². The van der Waals surface area contributed by atoms with Crippen LogP contribution in [0.2, 0.25) is 0 Å². The maximum Gasteiger partial charge on any atom is 0.410 e. The molecule has 2 aromatic rings. The first kappa shape index (κ1) is 30.4. The van der Waals surface area contributed by atoms with Crippen LogP contribution < -0.4 is 10.2 Å². The molecule has 11 heteroatoms.